The maximum Gasteiger partial charge on any atom is 0.162 e. The van der Waals surface area contributed by atoms with E-state index in [1.54, 1.807) is 6.07 Å². The van der Waals surface area contributed by atoms with Crippen LogP contribution >= 0.6 is 0 Å². The number of hydrogen-bond acceptors (Lipinski definition) is 4. The van der Waals surface area contributed by atoms with Crippen LogP contribution in [0.15, 0.2) is 6.07 Å². The molecular weight excluding hydrogens is 238 g/mol. The van der Waals surface area contributed by atoms with Crippen molar-refractivity contribution >= 4 is 5.82 Å². The molecular formula is C15H25N3O. The standard InChI is InChI=1S/C15H25N3O/c1-5-19-15(8-6-14(3,4)7-9-15)13-17-11(2)10-12(16)18-13/h10H,5-9H2,1-4H3,(H2,16,17,18). The molecule has 106 valence electrons. The quantitative estimate of drug-likeness (QED) is 0.909. The molecule has 0 radical (unpaired) electrons. The number of hydrogen-bond donors (Lipinski definition) is 1. The molecule has 2 N–H and O–H groups in total. The Morgan fingerprint density at radius 2 is 1.84 bits per heavy atom. The molecule has 1 heterocycles. The first-order chi connectivity index (χ1) is 8.87. The highest BCUT2D eigenvalue weighted by atomic mass is 16.5. The first-order valence-electron chi connectivity index (χ1n) is 7.12. The Morgan fingerprint density at radius 3 is 2.37 bits per heavy atom. The van der Waals surface area contributed by atoms with Gasteiger partial charge in [0.15, 0.2) is 5.82 Å². The minimum atomic E-state index is -0.343. The molecule has 0 spiro atoms. The summed E-state index contributed by atoms with van der Waals surface area (Å²) in [6.07, 6.45) is 4.20. The molecule has 0 aromatic carbocycles. The number of anilines is 1. The Kier molecular flexibility index (Phi) is 3.81. The van der Waals surface area contributed by atoms with E-state index in [4.69, 9.17) is 10.5 Å². The van der Waals surface area contributed by atoms with Gasteiger partial charge in [0.1, 0.15) is 11.4 Å². The van der Waals surface area contributed by atoms with E-state index < -0.39 is 0 Å². The van der Waals surface area contributed by atoms with E-state index >= 15 is 0 Å². The van der Waals surface area contributed by atoms with Crippen LogP contribution in [0.5, 0.6) is 0 Å². The second-order valence-corrected chi connectivity index (χ2v) is 6.35. The summed E-state index contributed by atoms with van der Waals surface area (Å²) in [6.45, 7) is 9.29. The molecule has 4 nitrogen and oxygen atoms in total. The number of ether oxygens (including phenoxy) is 1. The van der Waals surface area contributed by atoms with Gasteiger partial charge in [0, 0.05) is 18.4 Å². The van der Waals surface area contributed by atoms with Crippen LogP contribution < -0.4 is 5.73 Å². The number of nitrogen functional groups attached to an aromatic ring is 1. The smallest absolute Gasteiger partial charge is 0.162 e. The monoisotopic (exact) mass is 263 g/mol. The van der Waals surface area contributed by atoms with Crippen molar-refractivity contribution in [2.75, 3.05) is 12.3 Å². The van der Waals surface area contributed by atoms with Crippen LogP contribution in [-0.4, -0.2) is 16.6 Å². The summed E-state index contributed by atoms with van der Waals surface area (Å²) in [4.78, 5) is 9.02. The third-order valence-electron chi connectivity index (χ3n) is 4.11. The van der Waals surface area contributed by atoms with Crippen molar-refractivity contribution in [3.8, 4) is 0 Å². The van der Waals surface area contributed by atoms with Gasteiger partial charge in [-0.05, 0) is 44.9 Å². The Balaban J connectivity index is 2.34. The van der Waals surface area contributed by atoms with Gasteiger partial charge in [-0.2, -0.15) is 0 Å². The van der Waals surface area contributed by atoms with Crippen LogP contribution in [0.1, 0.15) is 58.0 Å². The Hall–Kier alpha value is -1.16. The fraction of sp³-hybridized carbons (Fsp3) is 0.733. The largest absolute Gasteiger partial charge is 0.384 e. The molecule has 1 aliphatic carbocycles. The predicted octanol–water partition coefficient (Wildman–Crippen LogP) is 3.20. The number of aryl methyl sites for hydroxylation is 1. The summed E-state index contributed by atoms with van der Waals surface area (Å²) in [5, 5.41) is 0. The molecule has 1 aromatic rings. The van der Waals surface area contributed by atoms with Crippen LogP contribution in [-0.2, 0) is 10.3 Å². The van der Waals surface area contributed by atoms with Crippen LogP contribution in [0.4, 0.5) is 5.82 Å². The summed E-state index contributed by atoms with van der Waals surface area (Å²) < 4.78 is 6.08. The van der Waals surface area contributed by atoms with E-state index in [0.717, 1.165) is 37.2 Å². The zero-order valence-corrected chi connectivity index (χ0v) is 12.5. The molecule has 1 saturated carbocycles. The zero-order valence-electron chi connectivity index (χ0n) is 12.5. The van der Waals surface area contributed by atoms with Gasteiger partial charge in [0.25, 0.3) is 0 Å². The second-order valence-electron chi connectivity index (χ2n) is 6.35. The van der Waals surface area contributed by atoms with Gasteiger partial charge >= 0.3 is 0 Å². The van der Waals surface area contributed by atoms with E-state index in [0.29, 0.717) is 17.8 Å². The third kappa shape index (κ3) is 3.06. The van der Waals surface area contributed by atoms with Crippen molar-refractivity contribution in [1.82, 2.24) is 9.97 Å². The van der Waals surface area contributed by atoms with Gasteiger partial charge in [-0.15, -0.1) is 0 Å². The van der Waals surface area contributed by atoms with E-state index in [2.05, 4.69) is 23.8 Å². The first kappa shape index (κ1) is 14.3. The molecule has 1 aromatic heterocycles. The van der Waals surface area contributed by atoms with Gasteiger partial charge in [-0.1, -0.05) is 13.8 Å². The van der Waals surface area contributed by atoms with Crippen molar-refractivity contribution in [2.24, 2.45) is 5.41 Å². The Bertz CT molecular complexity index is 426. The van der Waals surface area contributed by atoms with E-state index in [1.165, 1.54) is 0 Å². The van der Waals surface area contributed by atoms with E-state index in [1.807, 2.05) is 13.8 Å². The van der Waals surface area contributed by atoms with Gasteiger partial charge in [-0.25, -0.2) is 9.97 Å². The maximum absolute atomic E-state index is 6.08. The van der Waals surface area contributed by atoms with Crippen LogP contribution in [0.25, 0.3) is 0 Å². The minimum Gasteiger partial charge on any atom is -0.384 e. The molecule has 1 aliphatic rings. The lowest BCUT2D eigenvalue weighted by Gasteiger charge is -2.42. The van der Waals surface area contributed by atoms with Crippen molar-refractivity contribution in [2.45, 2.75) is 59.0 Å². The highest BCUT2D eigenvalue weighted by Crippen LogP contribution is 2.46. The number of aromatic nitrogens is 2. The molecule has 0 saturated heterocycles. The average Bonchev–Trinajstić information content (AvgIpc) is 2.31. The lowest BCUT2D eigenvalue weighted by atomic mass is 9.70. The van der Waals surface area contributed by atoms with Gasteiger partial charge in [0.05, 0.1) is 0 Å². The average molecular weight is 263 g/mol. The number of nitrogens with zero attached hydrogens (tertiary/aromatic N) is 2. The summed E-state index contributed by atoms with van der Waals surface area (Å²) in [5.74, 6) is 1.30. The number of rotatable bonds is 3. The van der Waals surface area contributed by atoms with Crippen LogP contribution in [0, 0.1) is 12.3 Å². The molecule has 2 rings (SSSR count). The summed E-state index contributed by atoms with van der Waals surface area (Å²) in [7, 11) is 0. The lowest BCUT2D eigenvalue weighted by molar-refractivity contribution is -0.0947. The summed E-state index contributed by atoms with van der Waals surface area (Å²) in [5.41, 5.74) is 6.82. The van der Waals surface area contributed by atoms with Crippen molar-refractivity contribution in [3.63, 3.8) is 0 Å². The molecule has 0 atom stereocenters. The van der Waals surface area contributed by atoms with Crippen LogP contribution in [0.2, 0.25) is 0 Å². The third-order valence-corrected chi connectivity index (χ3v) is 4.11. The fourth-order valence-corrected chi connectivity index (χ4v) is 2.84. The van der Waals surface area contributed by atoms with Crippen molar-refractivity contribution in [1.29, 1.82) is 0 Å². The first-order valence-corrected chi connectivity index (χ1v) is 7.12. The van der Waals surface area contributed by atoms with Crippen molar-refractivity contribution < 1.29 is 4.74 Å². The molecule has 4 heteroatoms. The molecule has 19 heavy (non-hydrogen) atoms. The highest BCUT2D eigenvalue weighted by molar-refractivity contribution is 5.30. The van der Waals surface area contributed by atoms with Crippen LogP contribution in [0.3, 0.4) is 0 Å². The fourth-order valence-electron chi connectivity index (χ4n) is 2.84. The predicted molar refractivity (Wildman–Crippen MR) is 76.7 cm³/mol. The zero-order chi connectivity index (χ0) is 14.1. The second kappa shape index (κ2) is 5.08. The minimum absolute atomic E-state index is 0.343. The lowest BCUT2D eigenvalue weighted by Crippen LogP contribution is -2.39. The van der Waals surface area contributed by atoms with Crippen molar-refractivity contribution in [3.05, 3.63) is 17.6 Å². The highest BCUT2D eigenvalue weighted by Gasteiger charge is 2.42. The summed E-state index contributed by atoms with van der Waals surface area (Å²) in [6, 6.07) is 1.80. The molecule has 0 unspecified atom stereocenters. The maximum atomic E-state index is 6.08. The van der Waals surface area contributed by atoms with Gasteiger partial charge in [0.2, 0.25) is 0 Å². The topological polar surface area (TPSA) is 61.0 Å². The SMILES string of the molecule is CCOC1(c2nc(C)cc(N)n2)CCC(C)(C)CC1. The Morgan fingerprint density at radius 1 is 1.21 bits per heavy atom. The molecule has 0 bridgehead atoms. The van der Waals surface area contributed by atoms with Gasteiger partial charge < -0.3 is 10.5 Å². The molecule has 1 fully saturated rings. The van der Waals surface area contributed by atoms with E-state index in [9.17, 15) is 0 Å². The van der Waals surface area contributed by atoms with E-state index in [-0.39, 0.29) is 5.60 Å². The molecule has 0 aliphatic heterocycles. The Labute approximate surface area is 115 Å². The summed E-state index contributed by atoms with van der Waals surface area (Å²) >= 11 is 0. The normalized spacial score (nSPS) is 21.3. The van der Waals surface area contributed by atoms with Gasteiger partial charge in [-0.3, -0.25) is 0 Å². The number of nitrogens with two attached hydrogens (primary N) is 1. The molecule has 0 amide bonds.